The molecule has 1 aliphatic heterocycles. The minimum Gasteiger partial charge on any atom is -0.0850 e. The van der Waals surface area contributed by atoms with Crippen LogP contribution in [0.15, 0.2) is 48.6 Å². The molecule has 0 radical (unpaired) electrons. The maximum absolute atomic E-state index is 2.29. The number of hydrogen-bond acceptors (Lipinski definition) is 0. The van der Waals surface area contributed by atoms with Crippen molar-refractivity contribution in [2.45, 2.75) is 0 Å². The largest absolute Gasteiger partial charge is 0.0850 e. The van der Waals surface area contributed by atoms with Crippen molar-refractivity contribution in [3.8, 4) is 0 Å². The van der Waals surface area contributed by atoms with Crippen LogP contribution >= 0.6 is 20.7 Å². The standard InChI is InChI=1S/C11H9I/c1-2-6-10(7-3-1)11-8-4-5-9-12-11/h1-9H. The Morgan fingerprint density at radius 2 is 1.75 bits per heavy atom. The highest BCUT2D eigenvalue weighted by Gasteiger charge is 1.96. The number of halogens is 1. The Kier molecular flexibility index (Phi) is 2.51. The van der Waals surface area contributed by atoms with Crippen molar-refractivity contribution in [3.63, 3.8) is 0 Å². The van der Waals surface area contributed by atoms with Crippen LogP contribution < -0.4 is 0 Å². The molecule has 1 heterocycles. The Balaban J connectivity index is 2.38. The van der Waals surface area contributed by atoms with Crippen molar-refractivity contribution >= 4 is 28.3 Å². The third-order valence-corrected chi connectivity index (χ3v) is 4.08. The zero-order valence-electron chi connectivity index (χ0n) is 6.57. The van der Waals surface area contributed by atoms with Gasteiger partial charge in [-0.1, -0.05) is 63.2 Å². The quantitative estimate of drug-likeness (QED) is 0.685. The van der Waals surface area contributed by atoms with Gasteiger partial charge in [0.05, 0.1) is 0 Å². The first-order valence-corrected chi connectivity index (χ1v) is 6.18. The zero-order valence-corrected chi connectivity index (χ0v) is 8.73. The molecular formula is C11H9I. The molecule has 2 rings (SSSR count). The van der Waals surface area contributed by atoms with E-state index in [1.54, 1.807) is 0 Å². The zero-order chi connectivity index (χ0) is 8.23. The molecule has 0 fully saturated rings. The smallest absolute Gasteiger partial charge is 0.0149 e. The molecule has 0 atom stereocenters. The predicted octanol–water partition coefficient (Wildman–Crippen LogP) is 3.37. The summed E-state index contributed by atoms with van der Waals surface area (Å²) in [5.74, 6) is 0. The first kappa shape index (κ1) is 7.92. The van der Waals surface area contributed by atoms with Gasteiger partial charge < -0.3 is 0 Å². The second kappa shape index (κ2) is 3.81. The average molecular weight is 268 g/mol. The molecule has 1 heteroatoms. The minimum absolute atomic E-state index is 0.119. The second-order valence-corrected chi connectivity index (χ2v) is 5.00. The summed E-state index contributed by atoms with van der Waals surface area (Å²) in [4.78, 5) is 0. The van der Waals surface area contributed by atoms with Crippen LogP contribution in [0.4, 0.5) is 0 Å². The van der Waals surface area contributed by atoms with Crippen LogP contribution in [0.25, 0.3) is 3.58 Å². The van der Waals surface area contributed by atoms with E-state index in [0.717, 1.165) is 0 Å². The maximum atomic E-state index is 2.29. The highest BCUT2D eigenvalue weighted by Crippen LogP contribution is 2.27. The summed E-state index contributed by atoms with van der Waals surface area (Å²) < 4.78 is 3.80. The summed E-state index contributed by atoms with van der Waals surface area (Å²) in [6, 6.07) is 10.6. The van der Waals surface area contributed by atoms with Gasteiger partial charge in [0.1, 0.15) is 0 Å². The molecule has 0 spiro atoms. The predicted molar refractivity (Wildman–Crippen MR) is 63.6 cm³/mol. The number of rotatable bonds is 1. The lowest BCUT2D eigenvalue weighted by Crippen LogP contribution is -1.77. The summed E-state index contributed by atoms with van der Waals surface area (Å²) in [5, 5.41) is 0. The van der Waals surface area contributed by atoms with Crippen LogP contribution in [0.2, 0.25) is 0 Å². The monoisotopic (exact) mass is 268 g/mol. The second-order valence-electron chi connectivity index (χ2n) is 2.50. The van der Waals surface area contributed by atoms with Crippen LogP contribution in [-0.2, 0) is 0 Å². The summed E-state index contributed by atoms with van der Waals surface area (Å²) in [6.07, 6.45) is 6.48. The molecule has 0 aliphatic carbocycles. The van der Waals surface area contributed by atoms with Gasteiger partial charge in [-0.3, -0.25) is 0 Å². The van der Waals surface area contributed by atoms with E-state index >= 15 is 0 Å². The Morgan fingerprint density at radius 1 is 0.917 bits per heavy atom. The first-order valence-electron chi connectivity index (χ1n) is 3.86. The highest BCUT2D eigenvalue weighted by molar-refractivity contribution is 14.2. The van der Waals surface area contributed by atoms with E-state index in [4.69, 9.17) is 0 Å². The summed E-state index contributed by atoms with van der Waals surface area (Å²) in [5.41, 5.74) is 1.38. The van der Waals surface area contributed by atoms with Gasteiger partial charge in [0.25, 0.3) is 0 Å². The lowest BCUT2D eigenvalue weighted by molar-refractivity contribution is 1.66. The third-order valence-electron chi connectivity index (χ3n) is 1.66. The van der Waals surface area contributed by atoms with Gasteiger partial charge in [-0.15, -0.1) is 0 Å². The van der Waals surface area contributed by atoms with Crippen molar-refractivity contribution in [1.29, 1.82) is 0 Å². The average Bonchev–Trinajstić information content (AvgIpc) is 2.21. The fourth-order valence-electron chi connectivity index (χ4n) is 1.08. The molecule has 0 N–H and O–H groups in total. The minimum atomic E-state index is 0.119. The van der Waals surface area contributed by atoms with Crippen LogP contribution in [0, 0.1) is 0 Å². The maximum Gasteiger partial charge on any atom is 0.0149 e. The van der Waals surface area contributed by atoms with Crippen molar-refractivity contribution in [2.24, 2.45) is 0 Å². The van der Waals surface area contributed by atoms with E-state index in [1.165, 1.54) is 9.14 Å². The normalized spacial score (nSPS) is 15.2. The summed E-state index contributed by atoms with van der Waals surface area (Å²) >= 11 is 0.119. The van der Waals surface area contributed by atoms with Gasteiger partial charge in [-0.2, -0.15) is 0 Å². The van der Waals surface area contributed by atoms with Crippen LogP contribution in [0.1, 0.15) is 5.56 Å². The SMILES string of the molecule is C1=CC=C(c2ccccc2)I=C1. The van der Waals surface area contributed by atoms with E-state index in [-0.39, 0.29) is 20.7 Å². The topological polar surface area (TPSA) is 0 Å². The van der Waals surface area contributed by atoms with E-state index in [1.807, 2.05) is 0 Å². The Labute approximate surface area is 82.4 Å². The molecule has 0 saturated carbocycles. The van der Waals surface area contributed by atoms with Crippen molar-refractivity contribution in [1.82, 2.24) is 0 Å². The van der Waals surface area contributed by atoms with Gasteiger partial charge in [0.15, 0.2) is 0 Å². The van der Waals surface area contributed by atoms with Crippen LogP contribution in [0.5, 0.6) is 0 Å². The van der Waals surface area contributed by atoms with Gasteiger partial charge in [-0.25, -0.2) is 0 Å². The number of benzene rings is 1. The lowest BCUT2D eigenvalue weighted by atomic mass is 10.2. The Hall–Kier alpha value is -0.700. The molecule has 1 aliphatic rings. The molecule has 0 bridgehead atoms. The molecule has 0 unspecified atom stereocenters. The molecule has 0 nitrogen and oxygen atoms in total. The number of hydrogen-bond donors (Lipinski definition) is 0. The number of allylic oxidation sites excluding steroid dienone is 3. The van der Waals surface area contributed by atoms with Crippen molar-refractivity contribution in [3.05, 3.63) is 54.1 Å². The summed E-state index contributed by atoms with van der Waals surface area (Å²) in [7, 11) is 0. The van der Waals surface area contributed by atoms with Crippen LogP contribution in [0.3, 0.4) is 0 Å². The van der Waals surface area contributed by atoms with E-state index in [0.29, 0.717) is 0 Å². The third kappa shape index (κ3) is 1.72. The molecule has 0 saturated heterocycles. The fraction of sp³-hybridized carbons (Fsp3) is 0. The molecule has 12 heavy (non-hydrogen) atoms. The molecule has 60 valence electrons. The molecule has 0 aromatic heterocycles. The van der Waals surface area contributed by atoms with Crippen molar-refractivity contribution < 1.29 is 0 Å². The Morgan fingerprint density at radius 3 is 2.42 bits per heavy atom. The molecule has 0 amide bonds. The molecule has 1 aromatic rings. The molecular weight excluding hydrogens is 259 g/mol. The van der Waals surface area contributed by atoms with Crippen molar-refractivity contribution in [2.75, 3.05) is 0 Å². The molecule has 1 aromatic carbocycles. The highest BCUT2D eigenvalue weighted by atomic mass is 127. The first-order chi connectivity index (χ1) is 5.97. The van der Waals surface area contributed by atoms with Gasteiger partial charge in [-0.05, 0) is 15.7 Å². The van der Waals surface area contributed by atoms with E-state index in [2.05, 4.69) is 52.6 Å². The summed E-state index contributed by atoms with van der Waals surface area (Å²) in [6.45, 7) is 0. The fourth-order valence-corrected chi connectivity index (χ4v) is 3.05. The van der Waals surface area contributed by atoms with Gasteiger partial charge in [0.2, 0.25) is 0 Å². The van der Waals surface area contributed by atoms with E-state index in [9.17, 15) is 0 Å². The van der Waals surface area contributed by atoms with Gasteiger partial charge >= 0.3 is 0 Å². The van der Waals surface area contributed by atoms with Crippen LogP contribution in [-0.4, -0.2) is 4.01 Å². The van der Waals surface area contributed by atoms with Gasteiger partial charge in [0, 0.05) is 3.58 Å². The Bertz CT molecular complexity index is 345. The lowest BCUT2D eigenvalue weighted by Gasteiger charge is -2.01. The van der Waals surface area contributed by atoms with E-state index < -0.39 is 0 Å².